The van der Waals surface area contributed by atoms with E-state index in [0.29, 0.717) is 0 Å². The molecule has 0 aliphatic carbocycles. The molecule has 0 atom stereocenters. The molecule has 0 unspecified atom stereocenters. The molecule has 0 radical (unpaired) electrons. The number of aryl methyl sites for hydroxylation is 1. The van der Waals surface area contributed by atoms with Gasteiger partial charge in [-0.2, -0.15) is 0 Å². The van der Waals surface area contributed by atoms with Crippen LogP contribution in [0.2, 0.25) is 0 Å². The molecule has 0 amide bonds. The first-order valence-electron chi connectivity index (χ1n) is 10.3. The predicted octanol–water partition coefficient (Wildman–Crippen LogP) is 2.26. The van der Waals surface area contributed by atoms with E-state index in [1.54, 1.807) is 13.1 Å². The van der Waals surface area contributed by atoms with E-state index in [2.05, 4.69) is 32.3 Å². The molecule has 0 aromatic heterocycles. The molecule has 6 heteroatoms. The third-order valence-electron chi connectivity index (χ3n) is 5.32. The minimum atomic E-state index is -0.172. The lowest BCUT2D eigenvalue weighted by Crippen LogP contribution is -2.46. The molecule has 2 rings (SSSR count). The summed E-state index contributed by atoms with van der Waals surface area (Å²) in [6.07, 6.45) is 3.22. The number of nitrogens with zero attached hydrogens (tertiary/aromatic N) is 3. The number of piperazine rings is 1. The fourth-order valence-electron chi connectivity index (χ4n) is 3.47. The highest BCUT2D eigenvalue weighted by Crippen LogP contribution is 2.10. The summed E-state index contributed by atoms with van der Waals surface area (Å²) in [6.45, 7) is 13.1. The van der Waals surface area contributed by atoms with Gasteiger partial charge in [-0.3, -0.25) is 4.99 Å². The van der Waals surface area contributed by atoms with Gasteiger partial charge in [-0.05, 0) is 62.5 Å². The van der Waals surface area contributed by atoms with Gasteiger partial charge in [-0.1, -0.05) is 13.0 Å². The predicted molar refractivity (Wildman–Crippen MR) is 112 cm³/mol. The average molecular weight is 378 g/mol. The van der Waals surface area contributed by atoms with Gasteiger partial charge in [0.25, 0.3) is 0 Å². The van der Waals surface area contributed by atoms with Crippen molar-refractivity contribution in [1.82, 2.24) is 20.4 Å². The Morgan fingerprint density at radius 3 is 2.44 bits per heavy atom. The van der Waals surface area contributed by atoms with Crippen molar-refractivity contribution >= 4 is 5.96 Å². The molecule has 1 fully saturated rings. The summed E-state index contributed by atoms with van der Waals surface area (Å²) in [5.74, 6) is 0.667. The van der Waals surface area contributed by atoms with E-state index in [1.807, 2.05) is 13.0 Å². The van der Waals surface area contributed by atoms with Crippen LogP contribution in [-0.2, 0) is 6.42 Å². The number of likely N-dealkylation sites (N-methyl/N-ethyl adjacent to an activating group) is 1. The number of benzene rings is 1. The number of aliphatic imine (C=N–C) groups is 1. The van der Waals surface area contributed by atoms with E-state index in [0.717, 1.165) is 37.5 Å². The van der Waals surface area contributed by atoms with Crippen LogP contribution in [0.4, 0.5) is 4.39 Å². The quantitative estimate of drug-likeness (QED) is 0.394. The lowest BCUT2D eigenvalue weighted by molar-refractivity contribution is 0.136. The van der Waals surface area contributed by atoms with Gasteiger partial charge in [0.05, 0.1) is 0 Å². The first-order valence-corrected chi connectivity index (χ1v) is 10.3. The number of rotatable bonds is 9. The Bertz CT molecular complexity index is 582. The zero-order valence-corrected chi connectivity index (χ0v) is 17.2. The van der Waals surface area contributed by atoms with E-state index in [4.69, 9.17) is 0 Å². The van der Waals surface area contributed by atoms with Crippen molar-refractivity contribution in [3.8, 4) is 0 Å². The minimum Gasteiger partial charge on any atom is -0.356 e. The van der Waals surface area contributed by atoms with E-state index in [-0.39, 0.29) is 5.82 Å². The Morgan fingerprint density at radius 1 is 1.07 bits per heavy atom. The van der Waals surface area contributed by atoms with Gasteiger partial charge in [-0.25, -0.2) is 4.39 Å². The molecule has 27 heavy (non-hydrogen) atoms. The highest BCUT2D eigenvalue weighted by Gasteiger charge is 2.14. The monoisotopic (exact) mass is 377 g/mol. The highest BCUT2D eigenvalue weighted by molar-refractivity contribution is 5.79. The van der Waals surface area contributed by atoms with Crippen LogP contribution in [0, 0.1) is 12.7 Å². The second-order valence-electron chi connectivity index (χ2n) is 7.23. The number of unbranched alkanes of at least 4 members (excludes halogenated alkanes) is 1. The van der Waals surface area contributed by atoms with Crippen molar-refractivity contribution in [2.24, 2.45) is 4.99 Å². The molecule has 1 aromatic rings. The molecule has 0 saturated carbocycles. The average Bonchev–Trinajstić information content (AvgIpc) is 2.68. The molecule has 1 aliphatic rings. The SMILES string of the molecule is CCN1CCN(CCCCNC(=NC)NCCc2ccc(F)cc2C)CC1. The van der Waals surface area contributed by atoms with Gasteiger partial charge < -0.3 is 20.4 Å². The number of hydrogen-bond donors (Lipinski definition) is 2. The van der Waals surface area contributed by atoms with Crippen molar-refractivity contribution in [1.29, 1.82) is 0 Å². The lowest BCUT2D eigenvalue weighted by atomic mass is 10.1. The summed E-state index contributed by atoms with van der Waals surface area (Å²) in [5.41, 5.74) is 2.17. The zero-order valence-electron chi connectivity index (χ0n) is 17.2. The second-order valence-corrected chi connectivity index (χ2v) is 7.23. The van der Waals surface area contributed by atoms with Crippen LogP contribution in [0.15, 0.2) is 23.2 Å². The van der Waals surface area contributed by atoms with Crippen molar-refractivity contribution in [3.05, 3.63) is 35.1 Å². The van der Waals surface area contributed by atoms with Gasteiger partial charge >= 0.3 is 0 Å². The summed E-state index contributed by atoms with van der Waals surface area (Å²) in [6, 6.07) is 4.98. The molecular formula is C21H36FN5. The van der Waals surface area contributed by atoms with Gasteiger partial charge in [0.2, 0.25) is 0 Å². The van der Waals surface area contributed by atoms with Crippen LogP contribution in [0.1, 0.15) is 30.9 Å². The fraction of sp³-hybridized carbons (Fsp3) is 0.667. The van der Waals surface area contributed by atoms with Crippen LogP contribution >= 0.6 is 0 Å². The molecule has 1 aromatic carbocycles. The summed E-state index contributed by atoms with van der Waals surface area (Å²) >= 11 is 0. The van der Waals surface area contributed by atoms with Crippen LogP contribution in [0.3, 0.4) is 0 Å². The molecule has 0 spiro atoms. The Labute approximate surface area is 164 Å². The first kappa shape index (κ1) is 21.6. The van der Waals surface area contributed by atoms with Crippen LogP contribution < -0.4 is 10.6 Å². The molecule has 0 bridgehead atoms. The smallest absolute Gasteiger partial charge is 0.190 e. The third kappa shape index (κ3) is 7.85. The Morgan fingerprint density at radius 2 is 1.78 bits per heavy atom. The van der Waals surface area contributed by atoms with E-state index < -0.39 is 0 Å². The van der Waals surface area contributed by atoms with E-state index in [9.17, 15) is 4.39 Å². The molecule has 152 valence electrons. The minimum absolute atomic E-state index is 0.172. The number of hydrogen-bond acceptors (Lipinski definition) is 3. The maximum absolute atomic E-state index is 13.2. The van der Waals surface area contributed by atoms with Gasteiger partial charge in [0, 0.05) is 46.3 Å². The molecule has 1 saturated heterocycles. The Balaban J connectivity index is 1.55. The van der Waals surface area contributed by atoms with Crippen molar-refractivity contribution in [3.63, 3.8) is 0 Å². The number of guanidine groups is 1. The molecular weight excluding hydrogens is 341 g/mol. The summed E-state index contributed by atoms with van der Waals surface area (Å²) < 4.78 is 13.2. The third-order valence-corrected chi connectivity index (χ3v) is 5.32. The first-order chi connectivity index (χ1) is 13.1. The normalized spacial score (nSPS) is 16.5. The number of halogens is 1. The van der Waals surface area contributed by atoms with Crippen LogP contribution in [0.25, 0.3) is 0 Å². The maximum Gasteiger partial charge on any atom is 0.190 e. The molecule has 5 nitrogen and oxygen atoms in total. The van der Waals surface area contributed by atoms with Crippen LogP contribution in [-0.4, -0.2) is 75.2 Å². The lowest BCUT2D eigenvalue weighted by Gasteiger charge is -2.34. The summed E-state index contributed by atoms with van der Waals surface area (Å²) in [7, 11) is 1.80. The topological polar surface area (TPSA) is 42.9 Å². The van der Waals surface area contributed by atoms with Crippen molar-refractivity contribution in [2.75, 3.05) is 59.4 Å². The standard InChI is InChI=1S/C21H36FN5/c1-4-26-13-15-27(16-14-26)12-6-5-10-24-21(23-3)25-11-9-19-7-8-20(22)17-18(19)2/h7-8,17H,4-6,9-16H2,1-3H3,(H2,23,24,25). The van der Waals surface area contributed by atoms with E-state index >= 15 is 0 Å². The highest BCUT2D eigenvalue weighted by atomic mass is 19.1. The Hall–Kier alpha value is -1.66. The van der Waals surface area contributed by atoms with Gasteiger partial charge in [0.15, 0.2) is 5.96 Å². The van der Waals surface area contributed by atoms with Crippen molar-refractivity contribution in [2.45, 2.75) is 33.1 Å². The summed E-state index contributed by atoms with van der Waals surface area (Å²) in [5, 5.41) is 6.73. The number of nitrogens with one attached hydrogen (secondary N) is 2. The summed E-state index contributed by atoms with van der Waals surface area (Å²) in [4.78, 5) is 9.37. The zero-order chi connectivity index (χ0) is 19.5. The van der Waals surface area contributed by atoms with Gasteiger partial charge in [0.1, 0.15) is 5.82 Å². The molecule has 2 N–H and O–H groups in total. The maximum atomic E-state index is 13.2. The molecule has 1 heterocycles. The fourth-order valence-corrected chi connectivity index (χ4v) is 3.47. The second kappa shape index (κ2) is 11.9. The van der Waals surface area contributed by atoms with Crippen LogP contribution in [0.5, 0.6) is 0 Å². The molecule has 1 aliphatic heterocycles. The Kier molecular flexibility index (Phi) is 9.56. The van der Waals surface area contributed by atoms with E-state index in [1.165, 1.54) is 57.3 Å². The van der Waals surface area contributed by atoms with Gasteiger partial charge in [-0.15, -0.1) is 0 Å². The van der Waals surface area contributed by atoms with Crippen molar-refractivity contribution < 1.29 is 4.39 Å². The largest absolute Gasteiger partial charge is 0.356 e.